The maximum Gasteiger partial charge on any atom is 0.197 e. The van der Waals surface area contributed by atoms with E-state index in [0.29, 0.717) is 11.6 Å². The van der Waals surface area contributed by atoms with E-state index in [1.807, 2.05) is 24.4 Å². The summed E-state index contributed by atoms with van der Waals surface area (Å²) in [5.74, 6) is 0.824. The highest BCUT2D eigenvalue weighted by Gasteiger charge is 2.18. The number of anilines is 1. The van der Waals surface area contributed by atoms with Gasteiger partial charge < -0.3 is 15.7 Å². The van der Waals surface area contributed by atoms with E-state index in [0.717, 1.165) is 47.2 Å². The van der Waals surface area contributed by atoms with E-state index in [1.165, 1.54) is 16.7 Å². The second-order valence-corrected chi connectivity index (χ2v) is 8.01. The lowest BCUT2D eigenvalue weighted by atomic mass is 9.92. The number of aromatic nitrogens is 4. The maximum absolute atomic E-state index is 9.38. The third kappa shape index (κ3) is 3.22. The first-order valence-corrected chi connectivity index (χ1v) is 10.0. The molecular weight excluding hydrogens is 376 g/mol. The molecule has 1 aliphatic rings. The molecule has 2 aromatic carbocycles. The number of aliphatic hydroxyl groups is 1. The standard InChI is InChI=1S/C23H24N6O/c1-14-7-16(9-17-11-28(2)6-5-19(14)17)21-10-25-22(24)23(26-21)29-12-18-8-15(13-30)3-4-20(18)27-29/h3-4,7-10,12,30H,5-6,11,13H2,1-2H3,(H2,24,25). The largest absolute Gasteiger partial charge is 0.392 e. The zero-order chi connectivity index (χ0) is 20.8. The first kappa shape index (κ1) is 18.7. The fourth-order valence-corrected chi connectivity index (χ4v) is 4.19. The van der Waals surface area contributed by atoms with Gasteiger partial charge in [-0.1, -0.05) is 6.07 Å². The Bertz CT molecular complexity index is 1260. The van der Waals surface area contributed by atoms with Gasteiger partial charge in [-0.2, -0.15) is 5.10 Å². The van der Waals surface area contributed by atoms with Crippen LogP contribution >= 0.6 is 0 Å². The van der Waals surface area contributed by atoms with E-state index >= 15 is 0 Å². The average Bonchev–Trinajstić information content (AvgIpc) is 3.16. The van der Waals surface area contributed by atoms with Gasteiger partial charge in [-0.25, -0.2) is 14.6 Å². The number of hydrogen-bond acceptors (Lipinski definition) is 6. The Balaban J connectivity index is 1.59. The third-order valence-electron chi connectivity index (χ3n) is 5.79. The highest BCUT2D eigenvalue weighted by atomic mass is 16.3. The van der Waals surface area contributed by atoms with Crippen LogP contribution in [0.25, 0.3) is 28.0 Å². The number of nitrogens with zero attached hydrogens (tertiary/aromatic N) is 5. The van der Waals surface area contributed by atoms with Gasteiger partial charge in [0.1, 0.15) is 0 Å². The van der Waals surface area contributed by atoms with Crippen LogP contribution in [0.15, 0.2) is 42.7 Å². The van der Waals surface area contributed by atoms with E-state index < -0.39 is 0 Å². The van der Waals surface area contributed by atoms with Gasteiger partial charge in [-0.05, 0) is 66.9 Å². The Morgan fingerprint density at radius 3 is 2.90 bits per heavy atom. The van der Waals surface area contributed by atoms with Crippen molar-refractivity contribution < 1.29 is 5.11 Å². The Labute approximate surface area is 174 Å². The first-order valence-electron chi connectivity index (χ1n) is 10.0. The number of nitrogen functional groups attached to an aromatic ring is 1. The fourth-order valence-electron chi connectivity index (χ4n) is 4.19. The van der Waals surface area contributed by atoms with Crippen molar-refractivity contribution in [2.75, 3.05) is 19.3 Å². The predicted octanol–water partition coefficient (Wildman–Crippen LogP) is 2.85. The highest BCUT2D eigenvalue weighted by Crippen LogP contribution is 2.29. The molecule has 0 saturated heterocycles. The van der Waals surface area contributed by atoms with Crippen LogP contribution < -0.4 is 5.73 Å². The Morgan fingerprint density at radius 1 is 1.20 bits per heavy atom. The van der Waals surface area contributed by atoms with Gasteiger partial charge in [0.15, 0.2) is 11.6 Å². The molecule has 0 saturated carbocycles. The molecule has 0 spiro atoms. The minimum atomic E-state index is -0.00851. The summed E-state index contributed by atoms with van der Waals surface area (Å²) in [7, 11) is 2.15. The normalized spacial score (nSPS) is 14.2. The summed E-state index contributed by atoms with van der Waals surface area (Å²) in [5, 5.41) is 14.9. The second kappa shape index (κ2) is 7.19. The molecule has 2 aromatic heterocycles. The van der Waals surface area contributed by atoms with Crippen LogP contribution in [0.3, 0.4) is 0 Å². The number of aryl methyl sites for hydroxylation is 1. The lowest BCUT2D eigenvalue weighted by molar-refractivity contribution is 0.282. The van der Waals surface area contributed by atoms with E-state index in [-0.39, 0.29) is 6.61 Å². The van der Waals surface area contributed by atoms with Crippen molar-refractivity contribution in [3.05, 3.63) is 65.0 Å². The highest BCUT2D eigenvalue weighted by molar-refractivity contribution is 5.79. The summed E-state index contributed by atoms with van der Waals surface area (Å²) in [6.45, 7) is 4.19. The fraction of sp³-hybridized carbons (Fsp3) is 0.261. The van der Waals surface area contributed by atoms with Gasteiger partial charge in [0, 0.05) is 30.2 Å². The van der Waals surface area contributed by atoms with Gasteiger partial charge in [0.2, 0.25) is 0 Å². The maximum atomic E-state index is 9.38. The van der Waals surface area contributed by atoms with Crippen LogP contribution in [-0.2, 0) is 19.6 Å². The molecule has 3 heterocycles. The molecule has 0 amide bonds. The topological polar surface area (TPSA) is 93.1 Å². The summed E-state index contributed by atoms with van der Waals surface area (Å²) in [6.07, 6.45) is 4.66. The van der Waals surface area contributed by atoms with Crippen molar-refractivity contribution in [3.8, 4) is 17.1 Å². The van der Waals surface area contributed by atoms with Gasteiger partial charge in [-0.15, -0.1) is 0 Å². The van der Waals surface area contributed by atoms with E-state index in [1.54, 1.807) is 10.9 Å². The van der Waals surface area contributed by atoms with E-state index in [4.69, 9.17) is 10.7 Å². The number of rotatable bonds is 3. The van der Waals surface area contributed by atoms with Crippen molar-refractivity contribution in [2.45, 2.75) is 26.5 Å². The number of nitrogens with two attached hydrogens (primary N) is 1. The van der Waals surface area contributed by atoms with Gasteiger partial charge in [0.05, 0.1) is 24.0 Å². The van der Waals surface area contributed by atoms with Crippen molar-refractivity contribution in [1.29, 1.82) is 0 Å². The number of likely N-dealkylation sites (N-methyl/N-ethyl adjacent to an activating group) is 1. The Morgan fingerprint density at radius 2 is 2.07 bits per heavy atom. The summed E-state index contributed by atoms with van der Waals surface area (Å²) >= 11 is 0. The van der Waals surface area contributed by atoms with Crippen molar-refractivity contribution in [2.24, 2.45) is 0 Å². The second-order valence-electron chi connectivity index (χ2n) is 8.01. The quantitative estimate of drug-likeness (QED) is 0.549. The number of fused-ring (bicyclic) bond motifs is 2. The molecule has 0 radical (unpaired) electrons. The Kier molecular flexibility index (Phi) is 4.49. The Hall–Kier alpha value is -3.29. The molecule has 0 aliphatic carbocycles. The van der Waals surface area contributed by atoms with Crippen LogP contribution in [0.4, 0.5) is 5.82 Å². The van der Waals surface area contributed by atoms with Crippen LogP contribution in [-0.4, -0.2) is 43.3 Å². The molecule has 7 nitrogen and oxygen atoms in total. The molecule has 3 N–H and O–H groups in total. The molecule has 1 aliphatic heterocycles. The van der Waals surface area contributed by atoms with E-state index in [2.05, 4.69) is 41.1 Å². The third-order valence-corrected chi connectivity index (χ3v) is 5.79. The van der Waals surface area contributed by atoms with Gasteiger partial charge >= 0.3 is 0 Å². The first-order chi connectivity index (χ1) is 14.5. The summed E-state index contributed by atoms with van der Waals surface area (Å²) in [4.78, 5) is 11.5. The van der Waals surface area contributed by atoms with Crippen molar-refractivity contribution in [1.82, 2.24) is 24.6 Å². The molecule has 7 heteroatoms. The molecule has 0 atom stereocenters. The molecule has 5 rings (SSSR count). The van der Waals surface area contributed by atoms with Gasteiger partial charge in [-0.3, -0.25) is 0 Å². The summed E-state index contributed by atoms with van der Waals surface area (Å²) < 4.78 is 1.66. The molecule has 0 unspecified atom stereocenters. The van der Waals surface area contributed by atoms with E-state index in [9.17, 15) is 5.11 Å². The van der Waals surface area contributed by atoms with Gasteiger partial charge in [0.25, 0.3) is 0 Å². The molecule has 0 fully saturated rings. The van der Waals surface area contributed by atoms with Crippen molar-refractivity contribution in [3.63, 3.8) is 0 Å². The van der Waals surface area contributed by atoms with Crippen LogP contribution in [0, 0.1) is 6.92 Å². The minimum absolute atomic E-state index is 0.00851. The van der Waals surface area contributed by atoms with Crippen molar-refractivity contribution >= 4 is 16.7 Å². The molecule has 152 valence electrons. The summed E-state index contributed by atoms with van der Waals surface area (Å²) in [6, 6.07) is 10.1. The number of benzene rings is 2. The number of hydrogen-bond donors (Lipinski definition) is 2. The van der Waals surface area contributed by atoms with Crippen LogP contribution in [0.5, 0.6) is 0 Å². The van der Waals surface area contributed by atoms with Crippen LogP contribution in [0.1, 0.15) is 22.3 Å². The monoisotopic (exact) mass is 400 g/mol. The van der Waals surface area contributed by atoms with Crippen LogP contribution in [0.2, 0.25) is 0 Å². The zero-order valence-electron chi connectivity index (χ0n) is 17.1. The average molecular weight is 400 g/mol. The molecule has 30 heavy (non-hydrogen) atoms. The lowest BCUT2D eigenvalue weighted by Crippen LogP contribution is -2.27. The molecular formula is C23H24N6O. The smallest absolute Gasteiger partial charge is 0.197 e. The SMILES string of the molecule is Cc1cc(-c2cnc(N)c(-n3cc4cc(CO)ccc4n3)n2)cc2c1CCN(C)C2. The number of aliphatic hydroxyl groups excluding tert-OH is 1. The lowest BCUT2D eigenvalue weighted by Gasteiger charge is -2.27. The predicted molar refractivity (Wildman–Crippen MR) is 117 cm³/mol. The molecule has 0 bridgehead atoms. The minimum Gasteiger partial charge on any atom is -0.392 e. The zero-order valence-corrected chi connectivity index (χ0v) is 17.1. The molecule has 4 aromatic rings. The summed E-state index contributed by atoms with van der Waals surface area (Å²) in [5.41, 5.74) is 13.7.